The summed E-state index contributed by atoms with van der Waals surface area (Å²) in [5.41, 5.74) is 3.53. The van der Waals surface area contributed by atoms with E-state index in [-0.39, 0.29) is 10.8 Å². The van der Waals surface area contributed by atoms with Gasteiger partial charge < -0.3 is 9.80 Å². The first-order chi connectivity index (χ1) is 15.7. The number of aryl methyl sites for hydroxylation is 2. The predicted octanol–water partition coefficient (Wildman–Crippen LogP) is 4.72. The molecule has 33 heavy (non-hydrogen) atoms. The van der Waals surface area contributed by atoms with Crippen LogP contribution in [0.15, 0.2) is 71.6 Å². The monoisotopic (exact) mass is 483 g/mol. The fourth-order valence-corrected chi connectivity index (χ4v) is 5.28. The van der Waals surface area contributed by atoms with Crippen molar-refractivity contribution in [3.63, 3.8) is 0 Å². The molecule has 172 valence electrons. The number of benzene rings is 3. The van der Waals surface area contributed by atoms with Crippen molar-refractivity contribution in [3.05, 3.63) is 88.4 Å². The van der Waals surface area contributed by atoms with Crippen molar-refractivity contribution in [2.45, 2.75) is 18.7 Å². The zero-order valence-electron chi connectivity index (χ0n) is 18.6. The van der Waals surface area contributed by atoms with Gasteiger partial charge in [0.15, 0.2) is 0 Å². The van der Waals surface area contributed by atoms with Crippen LogP contribution < -0.4 is 9.62 Å². The molecule has 1 saturated heterocycles. The lowest BCUT2D eigenvalue weighted by Gasteiger charge is -2.36. The Hall–Kier alpha value is -3.03. The maximum absolute atomic E-state index is 13.3. The Morgan fingerprint density at radius 3 is 2.33 bits per heavy atom. The van der Waals surface area contributed by atoms with Gasteiger partial charge in [0.05, 0.1) is 15.6 Å². The minimum absolute atomic E-state index is 0.0626. The molecule has 4 rings (SSSR count). The lowest BCUT2D eigenvalue weighted by molar-refractivity contribution is 0.0746. The first-order valence-corrected chi connectivity index (χ1v) is 12.6. The van der Waals surface area contributed by atoms with Gasteiger partial charge in [0, 0.05) is 37.4 Å². The zero-order chi connectivity index (χ0) is 23.6. The number of rotatable bonds is 5. The first kappa shape index (κ1) is 23.1. The molecule has 3 aromatic rings. The summed E-state index contributed by atoms with van der Waals surface area (Å²) in [4.78, 5) is 17.3. The summed E-state index contributed by atoms with van der Waals surface area (Å²) >= 11 is 6.31. The van der Waals surface area contributed by atoms with E-state index in [0.717, 1.165) is 16.8 Å². The van der Waals surface area contributed by atoms with Crippen molar-refractivity contribution in [2.75, 3.05) is 35.8 Å². The number of halogens is 1. The molecule has 0 aromatic heterocycles. The summed E-state index contributed by atoms with van der Waals surface area (Å²) in [6.07, 6.45) is 0. The lowest BCUT2D eigenvalue weighted by Crippen LogP contribution is -2.49. The molecule has 0 saturated carbocycles. The maximum atomic E-state index is 13.3. The van der Waals surface area contributed by atoms with Crippen LogP contribution in [0.3, 0.4) is 0 Å². The van der Waals surface area contributed by atoms with Gasteiger partial charge in [-0.3, -0.25) is 9.52 Å². The summed E-state index contributed by atoms with van der Waals surface area (Å²) < 4.78 is 28.5. The van der Waals surface area contributed by atoms with E-state index >= 15 is 0 Å². The zero-order valence-corrected chi connectivity index (χ0v) is 20.2. The van der Waals surface area contributed by atoms with Gasteiger partial charge in [0.25, 0.3) is 15.9 Å². The second-order valence-electron chi connectivity index (χ2n) is 8.18. The summed E-state index contributed by atoms with van der Waals surface area (Å²) in [7, 11) is -3.83. The third-order valence-electron chi connectivity index (χ3n) is 5.78. The number of sulfonamides is 1. The second-order valence-corrected chi connectivity index (χ2v) is 10.3. The van der Waals surface area contributed by atoms with Crippen LogP contribution in [0.1, 0.15) is 21.5 Å². The molecule has 0 bridgehead atoms. The van der Waals surface area contributed by atoms with Gasteiger partial charge in [-0.15, -0.1) is 0 Å². The highest BCUT2D eigenvalue weighted by Gasteiger charge is 2.26. The molecule has 6 nitrogen and oxygen atoms in total. The van der Waals surface area contributed by atoms with Gasteiger partial charge in [0.1, 0.15) is 0 Å². The Kier molecular flexibility index (Phi) is 6.63. The van der Waals surface area contributed by atoms with Gasteiger partial charge in [-0.1, -0.05) is 41.9 Å². The Bertz CT molecular complexity index is 1290. The summed E-state index contributed by atoms with van der Waals surface area (Å²) in [5, 5.41) is 0.687. The Balaban J connectivity index is 1.51. The predicted molar refractivity (Wildman–Crippen MR) is 133 cm³/mol. The molecule has 0 aliphatic carbocycles. The van der Waals surface area contributed by atoms with E-state index in [1.165, 1.54) is 12.1 Å². The van der Waals surface area contributed by atoms with Crippen molar-refractivity contribution in [3.8, 4) is 0 Å². The van der Waals surface area contributed by atoms with E-state index in [0.29, 0.717) is 42.5 Å². The van der Waals surface area contributed by atoms with Gasteiger partial charge in [-0.25, -0.2) is 8.42 Å². The van der Waals surface area contributed by atoms with Crippen LogP contribution in [0, 0.1) is 13.8 Å². The number of nitrogens with one attached hydrogen (secondary N) is 1. The third kappa shape index (κ3) is 5.15. The topological polar surface area (TPSA) is 69.7 Å². The van der Waals surface area contributed by atoms with Crippen LogP contribution >= 0.6 is 11.6 Å². The van der Waals surface area contributed by atoms with Crippen molar-refractivity contribution >= 4 is 38.9 Å². The van der Waals surface area contributed by atoms with Gasteiger partial charge in [0.2, 0.25) is 0 Å². The fraction of sp³-hybridized carbons (Fsp3) is 0.240. The lowest BCUT2D eigenvalue weighted by atomic mass is 10.1. The van der Waals surface area contributed by atoms with E-state index in [2.05, 4.69) is 9.62 Å². The summed E-state index contributed by atoms with van der Waals surface area (Å²) in [5.74, 6) is -0.168. The van der Waals surface area contributed by atoms with Crippen molar-refractivity contribution < 1.29 is 13.2 Å². The number of nitrogens with zero attached hydrogens (tertiary/aromatic N) is 2. The van der Waals surface area contributed by atoms with E-state index in [4.69, 9.17) is 11.6 Å². The highest BCUT2D eigenvalue weighted by molar-refractivity contribution is 7.92. The Morgan fingerprint density at radius 1 is 0.909 bits per heavy atom. The first-order valence-electron chi connectivity index (χ1n) is 10.7. The van der Waals surface area contributed by atoms with Gasteiger partial charge in [-0.05, 0) is 61.4 Å². The molecule has 1 aliphatic rings. The molecule has 0 radical (unpaired) electrons. The number of carbonyl (C=O) groups excluding carboxylic acids is 1. The molecule has 1 heterocycles. The number of hydrogen-bond donors (Lipinski definition) is 1. The summed E-state index contributed by atoms with van der Waals surface area (Å²) in [6.45, 7) is 6.08. The highest BCUT2D eigenvalue weighted by Crippen LogP contribution is 2.27. The third-order valence-corrected chi connectivity index (χ3v) is 7.48. The van der Waals surface area contributed by atoms with Crippen LogP contribution in [0.5, 0.6) is 0 Å². The largest absolute Gasteiger partial charge is 0.367 e. The van der Waals surface area contributed by atoms with Crippen LogP contribution in [-0.2, 0) is 10.0 Å². The quantitative estimate of drug-likeness (QED) is 0.570. The normalized spacial score (nSPS) is 14.3. The average Bonchev–Trinajstić information content (AvgIpc) is 2.79. The van der Waals surface area contributed by atoms with Crippen molar-refractivity contribution in [2.24, 2.45) is 0 Å². The fourth-order valence-electron chi connectivity index (χ4n) is 3.95. The van der Waals surface area contributed by atoms with Crippen molar-refractivity contribution in [1.29, 1.82) is 0 Å². The molecular weight excluding hydrogens is 458 g/mol. The maximum Gasteiger partial charge on any atom is 0.261 e. The molecule has 0 unspecified atom stereocenters. The minimum atomic E-state index is -3.83. The highest BCUT2D eigenvalue weighted by atomic mass is 35.5. The van der Waals surface area contributed by atoms with Crippen LogP contribution in [0.25, 0.3) is 0 Å². The number of carbonyl (C=O) groups is 1. The van der Waals surface area contributed by atoms with Gasteiger partial charge in [-0.2, -0.15) is 0 Å². The standard InChI is InChI=1S/C25H26ClN3O3S/c1-18-6-5-7-20(16-18)27-33(31,32)21-11-10-19(2)22(17-21)25(30)29-14-12-28(13-15-29)24-9-4-3-8-23(24)26/h3-11,16-17,27H,12-15H2,1-2H3. The molecular formula is C25H26ClN3O3S. The van der Waals surface area contributed by atoms with Gasteiger partial charge >= 0.3 is 0 Å². The smallest absolute Gasteiger partial charge is 0.261 e. The number of hydrogen-bond acceptors (Lipinski definition) is 4. The molecule has 1 aliphatic heterocycles. The molecule has 0 spiro atoms. The second kappa shape index (κ2) is 9.45. The van der Waals surface area contributed by atoms with E-state index in [1.54, 1.807) is 29.2 Å². The molecule has 3 aromatic carbocycles. The molecule has 0 atom stereocenters. The molecule has 1 amide bonds. The molecule has 8 heteroatoms. The molecule has 1 fully saturated rings. The number of piperazine rings is 1. The summed E-state index contributed by atoms with van der Waals surface area (Å²) in [6, 6.07) is 19.5. The average molecular weight is 484 g/mol. The van der Waals surface area contributed by atoms with Crippen LogP contribution in [-0.4, -0.2) is 45.4 Å². The Morgan fingerprint density at radius 2 is 1.64 bits per heavy atom. The number of para-hydroxylation sites is 1. The number of amides is 1. The van der Waals surface area contributed by atoms with Crippen LogP contribution in [0.2, 0.25) is 5.02 Å². The van der Waals surface area contributed by atoms with Crippen LogP contribution in [0.4, 0.5) is 11.4 Å². The Labute approximate surface area is 199 Å². The SMILES string of the molecule is Cc1cccc(NS(=O)(=O)c2ccc(C)c(C(=O)N3CCN(c4ccccc4Cl)CC3)c2)c1. The van der Waals surface area contributed by atoms with E-state index in [1.807, 2.05) is 44.2 Å². The van der Waals surface area contributed by atoms with E-state index < -0.39 is 10.0 Å². The minimum Gasteiger partial charge on any atom is -0.367 e. The van der Waals surface area contributed by atoms with E-state index in [9.17, 15) is 13.2 Å². The van der Waals surface area contributed by atoms with Crippen molar-refractivity contribution in [1.82, 2.24) is 4.90 Å². The molecule has 1 N–H and O–H groups in total. The number of anilines is 2.